The van der Waals surface area contributed by atoms with Gasteiger partial charge in [0.25, 0.3) is 0 Å². The van der Waals surface area contributed by atoms with Gasteiger partial charge in [-0.25, -0.2) is 14.2 Å². The maximum atomic E-state index is 11.2. The van der Waals surface area contributed by atoms with E-state index in [1.165, 1.54) is 38.0 Å². The van der Waals surface area contributed by atoms with Crippen LogP contribution in [-0.4, -0.2) is 60.5 Å². The topological polar surface area (TPSA) is 98.0 Å². The van der Waals surface area contributed by atoms with Gasteiger partial charge >= 0.3 is 23.9 Å². The summed E-state index contributed by atoms with van der Waals surface area (Å²) in [5, 5.41) is 6.60. The molecular weight excluding hydrogens is 232 g/mol. The van der Waals surface area contributed by atoms with Crippen LogP contribution in [0.15, 0.2) is 4.63 Å². The van der Waals surface area contributed by atoms with E-state index in [1.54, 1.807) is 0 Å². The first-order chi connectivity index (χ1) is 7.91. The molecule has 0 unspecified atom stereocenters. The average molecular weight is 244 g/mol. The van der Waals surface area contributed by atoms with E-state index in [1.807, 2.05) is 0 Å². The van der Waals surface area contributed by atoms with E-state index < -0.39 is 12.2 Å². The van der Waals surface area contributed by atoms with Crippen LogP contribution in [0.4, 0.5) is 9.59 Å². The fourth-order valence-corrected chi connectivity index (χ4v) is 0.645. The molecule has 0 aliphatic heterocycles. The molecule has 17 heavy (non-hydrogen) atoms. The number of aromatic nitrogens is 2. The van der Waals surface area contributed by atoms with Crippen molar-refractivity contribution >= 4 is 12.2 Å². The lowest BCUT2D eigenvalue weighted by molar-refractivity contribution is 0.158. The van der Waals surface area contributed by atoms with Crippen molar-refractivity contribution in [2.75, 3.05) is 28.2 Å². The Morgan fingerprint density at radius 3 is 1.59 bits per heavy atom. The second-order valence-electron chi connectivity index (χ2n) is 3.40. The molecule has 94 valence electrons. The predicted octanol–water partition coefficient (Wildman–Crippen LogP) is 0.190. The lowest BCUT2D eigenvalue weighted by Crippen LogP contribution is -2.27. The number of carbonyl (C=O) groups excluding carboxylic acids is 2. The third-order valence-corrected chi connectivity index (χ3v) is 1.53. The second kappa shape index (κ2) is 5.14. The summed E-state index contributed by atoms with van der Waals surface area (Å²) in [7, 11) is 5.95. The number of nitrogens with zero attached hydrogens (tertiary/aromatic N) is 4. The molecule has 0 radical (unpaired) electrons. The minimum absolute atomic E-state index is 0.307. The van der Waals surface area contributed by atoms with Gasteiger partial charge < -0.3 is 19.3 Å². The maximum Gasteiger partial charge on any atom is 0.416 e. The first-order valence-electron chi connectivity index (χ1n) is 4.52. The predicted molar refractivity (Wildman–Crippen MR) is 53.7 cm³/mol. The number of carbonyl (C=O) groups is 2. The highest BCUT2D eigenvalue weighted by atomic mass is 16.7. The monoisotopic (exact) mass is 244 g/mol. The second-order valence-corrected chi connectivity index (χ2v) is 3.40. The molecule has 9 heteroatoms. The molecule has 0 aliphatic rings. The molecule has 0 atom stereocenters. The summed E-state index contributed by atoms with van der Waals surface area (Å²) in [6.07, 6.45) is -1.38. The third kappa shape index (κ3) is 3.33. The quantitative estimate of drug-likeness (QED) is 0.732. The van der Waals surface area contributed by atoms with E-state index in [9.17, 15) is 9.59 Å². The molecule has 0 fully saturated rings. The van der Waals surface area contributed by atoms with Crippen LogP contribution in [0, 0.1) is 0 Å². The van der Waals surface area contributed by atoms with E-state index >= 15 is 0 Å². The lowest BCUT2D eigenvalue weighted by atomic mass is 10.7. The Balaban J connectivity index is 2.73. The lowest BCUT2D eigenvalue weighted by Gasteiger charge is -2.10. The SMILES string of the molecule is CN(C)C(=O)Oc1nonc1OC(=O)N(C)C. The number of hydrogen-bond acceptors (Lipinski definition) is 7. The first kappa shape index (κ1) is 12.7. The molecular formula is C8H12N4O5. The molecule has 0 bridgehead atoms. The Kier molecular flexibility index (Phi) is 3.86. The van der Waals surface area contributed by atoms with Crippen LogP contribution in [0.1, 0.15) is 0 Å². The normalized spacial score (nSPS) is 9.65. The summed E-state index contributed by atoms with van der Waals surface area (Å²) in [6, 6.07) is 0. The van der Waals surface area contributed by atoms with Crippen LogP contribution >= 0.6 is 0 Å². The van der Waals surface area contributed by atoms with E-state index in [0.29, 0.717) is 0 Å². The Morgan fingerprint density at radius 2 is 1.29 bits per heavy atom. The van der Waals surface area contributed by atoms with Gasteiger partial charge in [0.2, 0.25) is 0 Å². The molecule has 0 saturated heterocycles. The van der Waals surface area contributed by atoms with Gasteiger partial charge in [0, 0.05) is 28.2 Å². The van der Waals surface area contributed by atoms with Gasteiger partial charge in [-0.2, -0.15) is 0 Å². The highest BCUT2D eigenvalue weighted by Crippen LogP contribution is 2.22. The van der Waals surface area contributed by atoms with Gasteiger partial charge in [-0.1, -0.05) is 0 Å². The van der Waals surface area contributed by atoms with E-state index in [2.05, 4.69) is 14.9 Å². The molecule has 0 saturated carbocycles. The highest BCUT2D eigenvalue weighted by Gasteiger charge is 2.21. The summed E-state index contributed by atoms with van der Waals surface area (Å²) in [5.41, 5.74) is 0. The van der Waals surface area contributed by atoms with Crippen LogP contribution in [0.25, 0.3) is 0 Å². The molecule has 0 spiro atoms. The van der Waals surface area contributed by atoms with E-state index in [4.69, 9.17) is 9.47 Å². The third-order valence-electron chi connectivity index (χ3n) is 1.53. The van der Waals surface area contributed by atoms with Crippen molar-refractivity contribution in [1.29, 1.82) is 0 Å². The number of ether oxygens (including phenoxy) is 2. The van der Waals surface area contributed by atoms with Crippen LogP contribution in [-0.2, 0) is 0 Å². The van der Waals surface area contributed by atoms with Gasteiger partial charge in [-0.05, 0) is 10.3 Å². The van der Waals surface area contributed by atoms with Crippen molar-refractivity contribution < 1.29 is 23.7 Å². The largest absolute Gasteiger partial charge is 0.416 e. The zero-order valence-corrected chi connectivity index (χ0v) is 9.83. The van der Waals surface area contributed by atoms with Gasteiger partial charge in [0.1, 0.15) is 0 Å². The van der Waals surface area contributed by atoms with Gasteiger partial charge in [-0.15, -0.1) is 0 Å². The molecule has 1 rings (SSSR count). The Hall–Kier alpha value is -2.32. The fourth-order valence-electron chi connectivity index (χ4n) is 0.645. The van der Waals surface area contributed by atoms with Crippen molar-refractivity contribution in [3.05, 3.63) is 0 Å². The fraction of sp³-hybridized carbons (Fsp3) is 0.500. The molecule has 9 nitrogen and oxygen atoms in total. The highest BCUT2D eigenvalue weighted by molar-refractivity contribution is 5.72. The van der Waals surface area contributed by atoms with Gasteiger partial charge in [0.15, 0.2) is 0 Å². The summed E-state index contributed by atoms with van der Waals surface area (Å²) in [5.74, 6) is -0.613. The van der Waals surface area contributed by atoms with Crippen molar-refractivity contribution in [2.24, 2.45) is 0 Å². The Bertz CT molecular complexity index is 377. The van der Waals surface area contributed by atoms with Gasteiger partial charge in [0.05, 0.1) is 0 Å². The molecule has 2 amide bonds. The van der Waals surface area contributed by atoms with Gasteiger partial charge in [-0.3, -0.25) is 0 Å². The zero-order valence-electron chi connectivity index (χ0n) is 9.83. The van der Waals surface area contributed by atoms with Crippen molar-refractivity contribution in [1.82, 2.24) is 20.1 Å². The standard InChI is InChI=1S/C8H12N4O5/c1-11(2)7(13)15-5-6(10-17-9-5)16-8(14)12(3)4/h1-4H3. The maximum absolute atomic E-state index is 11.2. The minimum atomic E-state index is -0.692. The number of hydrogen-bond donors (Lipinski definition) is 0. The van der Waals surface area contributed by atoms with Crippen LogP contribution in [0.5, 0.6) is 11.8 Å². The zero-order chi connectivity index (χ0) is 13.0. The molecule has 0 aliphatic carbocycles. The summed E-state index contributed by atoms with van der Waals surface area (Å²) >= 11 is 0. The summed E-state index contributed by atoms with van der Waals surface area (Å²) < 4.78 is 13.8. The molecule has 1 aromatic heterocycles. The van der Waals surface area contributed by atoms with Crippen molar-refractivity contribution in [2.45, 2.75) is 0 Å². The summed E-state index contributed by atoms with van der Waals surface area (Å²) in [4.78, 5) is 24.8. The first-order valence-corrected chi connectivity index (χ1v) is 4.52. The van der Waals surface area contributed by atoms with Crippen molar-refractivity contribution in [3.8, 4) is 11.8 Å². The van der Waals surface area contributed by atoms with Crippen molar-refractivity contribution in [3.63, 3.8) is 0 Å². The van der Waals surface area contributed by atoms with Crippen LogP contribution < -0.4 is 9.47 Å². The number of amides is 2. The molecule has 0 aromatic carbocycles. The average Bonchev–Trinajstić information content (AvgIpc) is 2.65. The Morgan fingerprint density at radius 1 is 0.941 bits per heavy atom. The smallest absolute Gasteiger partial charge is 0.382 e. The van der Waals surface area contributed by atoms with Crippen LogP contribution in [0.2, 0.25) is 0 Å². The molecule has 1 aromatic rings. The Labute approximate surface area is 96.8 Å². The molecule has 0 N–H and O–H groups in total. The van der Waals surface area contributed by atoms with E-state index in [-0.39, 0.29) is 11.8 Å². The number of rotatable bonds is 2. The minimum Gasteiger partial charge on any atom is -0.382 e. The van der Waals surface area contributed by atoms with Crippen LogP contribution in [0.3, 0.4) is 0 Å². The van der Waals surface area contributed by atoms with E-state index in [0.717, 1.165) is 0 Å². The summed E-state index contributed by atoms with van der Waals surface area (Å²) in [6.45, 7) is 0. The molecule has 1 heterocycles.